The van der Waals surface area contributed by atoms with Crippen LogP contribution in [-0.4, -0.2) is 29.6 Å². The Bertz CT molecular complexity index is 193. The van der Waals surface area contributed by atoms with E-state index in [2.05, 4.69) is 11.8 Å². The summed E-state index contributed by atoms with van der Waals surface area (Å²) in [6, 6.07) is 2.14. The predicted octanol–water partition coefficient (Wildman–Crippen LogP) is 2.52. The first-order valence-corrected chi connectivity index (χ1v) is 6.82. The molecule has 0 radical (unpaired) electrons. The van der Waals surface area contributed by atoms with Gasteiger partial charge in [0.25, 0.3) is 0 Å². The second-order valence-corrected chi connectivity index (χ2v) is 5.38. The van der Waals surface area contributed by atoms with Gasteiger partial charge in [0.15, 0.2) is 0 Å². The number of hydrogen-bond donors (Lipinski definition) is 1. The van der Waals surface area contributed by atoms with E-state index >= 15 is 0 Å². The molecular weight excluding hydrogens is 184 g/mol. The molecule has 1 aliphatic heterocycles. The van der Waals surface area contributed by atoms with Gasteiger partial charge in [0, 0.05) is 18.1 Å². The largest absolute Gasteiger partial charge is 0.328 e. The van der Waals surface area contributed by atoms with Crippen molar-refractivity contribution in [2.45, 2.75) is 76.4 Å². The van der Waals surface area contributed by atoms with Gasteiger partial charge in [0.2, 0.25) is 0 Å². The maximum Gasteiger partial charge on any atom is 0.0113 e. The fraction of sp³-hybridized carbons (Fsp3) is 1.00. The Morgan fingerprint density at radius 2 is 2.00 bits per heavy atom. The third-order valence-corrected chi connectivity index (χ3v) is 4.31. The number of nitrogens with two attached hydrogens (primary N) is 1. The zero-order valence-corrected chi connectivity index (χ0v) is 10.1. The van der Waals surface area contributed by atoms with Crippen molar-refractivity contribution < 1.29 is 0 Å². The summed E-state index contributed by atoms with van der Waals surface area (Å²) in [6.45, 7) is 3.67. The third-order valence-electron chi connectivity index (χ3n) is 4.31. The Labute approximate surface area is 94.2 Å². The highest BCUT2D eigenvalue weighted by molar-refractivity contribution is 4.88. The normalized spacial score (nSPS) is 39.2. The van der Waals surface area contributed by atoms with E-state index in [0.29, 0.717) is 6.04 Å². The van der Waals surface area contributed by atoms with Crippen LogP contribution in [0.5, 0.6) is 0 Å². The molecule has 2 N–H and O–H groups in total. The van der Waals surface area contributed by atoms with E-state index in [4.69, 9.17) is 5.73 Å². The molecule has 0 aromatic carbocycles. The minimum Gasteiger partial charge on any atom is -0.328 e. The van der Waals surface area contributed by atoms with Crippen molar-refractivity contribution in [3.05, 3.63) is 0 Å². The van der Waals surface area contributed by atoms with E-state index in [1.54, 1.807) is 0 Å². The zero-order chi connectivity index (χ0) is 10.7. The summed E-state index contributed by atoms with van der Waals surface area (Å²) in [7, 11) is 0. The Hall–Kier alpha value is -0.0800. The average Bonchev–Trinajstić information content (AvgIpc) is 2.54. The lowest BCUT2D eigenvalue weighted by Gasteiger charge is -2.34. The van der Waals surface area contributed by atoms with Crippen LogP contribution in [0.1, 0.15) is 58.3 Å². The first-order valence-electron chi connectivity index (χ1n) is 6.82. The van der Waals surface area contributed by atoms with Gasteiger partial charge in [-0.25, -0.2) is 0 Å². The highest BCUT2D eigenvalue weighted by Crippen LogP contribution is 2.29. The summed E-state index contributed by atoms with van der Waals surface area (Å²) in [5, 5.41) is 0. The molecule has 1 saturated carbocycles. The molecule has 88 valence electrons. The molecule has 2 heteroatoms. The van der Waals surface area contributed by atoms with Crippen LogP contribution in [0, 0.1) is 0 Å². The Morgan fingerprint density at radius 3 is 2.67 bits per heavy atom. The smallest absolute Gasteiger partial charge is 0.0113 e. The highest BCUT2D eigenvalue weighted by Gasteiger charge is 2.31. The molecule has 2 aliphatic rings. The molecule has 1 aliphatic carbocycles. The monoisotopic (exact) mass is 210 g/mol. The lowest BCUT2D eigenvalue weighted by molar-refractivity contribution is 0.133. The van der Waals surface area contributed by atoms with E-state index in [1.807, 2.05) is 0 Å². The van der Waals surface area contributed by atoms with Gasteiger partial charge >= 0.3 is 0 Å². The van der Waals surface area contributed by atoms with E-state index in [1.165, 1.54) is 57.9 Å². The summed E-state index contributed by atoms with van der Waals surface area (Å²) in [4.78, 5) is 2.79. The van der Waals surface area contributed by atoms with Gasteiger partial charge in [-0.05, 0) is 45.1 Å². The van der Waals surface area contributed by atoms with Crippen LogP contribution in [0.15, 0.2) is 0 Å². The molecule has 0 bridgehead atoms. The van der Waals surface area contributed by atoms with E-state index in [-0.39, 0.29) is 0 Å². The standard InChI is InChI=1S/C13H26N2/c1-2-12-6-4-3-5-9-15(12)13-8-7-11(14)10-13/h11-13H,2-10,14H2,1H3. The van der Waals surface area contributed by atoms with Crippen molar-refractivity contribution >= 4 is 0 Å². The van der Waals surface area contributed by atoms with Gasteiger partial charge in [0.1, 0.15) is 0 Å². The molecule has 0 aromatic heterocycles. The van der Waals surface area contributed by atoms with Crippen LogP contribution in [0.25, 0.3) is 0 Å². The molecule has 0 amide bonds. The lowest BCUT2D eigenvalue weighted by atomic mass is 10.0. The van der Waals surface area contributed by atoms with Gasteiger partial charge in [-0.15, -0.1) is 0 Å². The fourth-order valence-electron chi connectivity index (χ4n) is 3.41. The Kier molecular flexibility index (Phi) is 4.04. The third kappa shape index (κ3) is 2.73. The summed E-state index contributed by atoms with van der Waals surface area (Å²) < 4.78 is 0. The molecule has 2 nitrogen and oxygen atoms in total. The van der Waals surface area contributed by atoms with Crippen LogP contribution < -0.4 is 5.73 Å². The number of likely N-dealkylation sites (tertiary alicyclic amines) is 1. The number of rotatable bonds is 2. The fourth-order valence-corrected chi connectivity index (χ4v) is 3.41. The minimum absolute atomic E-state index is 0.482. The van der Waals surface area contributed by atoms with Crippen molar-refractivity contribution in [2.75, 3.05) is 6.54 Å². The summed E-state index contributed by atoms with van der Waals surface area (Å²) >= 11 is 0. The van der Waals surface area contributed by atoms with Crippen LogP contribution in [0.2, 0.25) is 0 Å². The van der Waals surface area contributed by atoms with E-state index < -0.39 is 0 Å². The van der Waals surface area contributed by atoms with Gasteiger partial charge in [0.05, 0.1) is 0 Å². The quantitative estimate of drug-likeness (QED) is 0.759. The second kappa shape index (κ2) is 5.31. The number of hydrogen-bond acceptors (Lipinski definition) is 2. The maximum absolute atomic E-state index is 6.03. The first kappa shape index (κ1) is 11.4. The van der Waals surface area contributed by atoms with Gasteiger partial charge < -0.3 is 5.73 Å². The van der Waals surface area contributed by atoms with Crippen LogP contribution in [0.4, 0.5) is 0 Å². The second-order valence-electron chi connectivity index (χ2n) is 5.38. The van der Waals surface area contributed by atoms with Crippen molar-refractivity contribution in [1.29, 1.82) is 0 Å². The molecule has 1 saturated heterocycles. The van der Waals surface area contributed by atoms with Gasteiger partial charge in [-0.3, -0.25) is 4.90 Å². The van der Waals surface area contributed by atoms with Crippen molar-refractivity contribution in [2.24, 2.45) is 5.73 Å². The van der Waals surface area contributed by atoms with Crippen LogP contribution >= 0.6 is 0 Å². The SMILES string of the molecule is CCC1CCCCCN1C1CCC(N)C1. The molecule has 2 rings (SSSR count). The molecular formula is C13H26N2. The Morgan fingerprint density at radius 1 is 1.13 bits per heavy atom. The highest BCUT2D eigenvalue weighted by atomic mass is 15.2. The molecule has 0 spiro atoms. The van der Waals surface area contributed by atoms with Crippen LogP contribution in [-0.2, 0) is 0 Å². The van der Waals surface area contributed by atoms with Gasteiger partial charge in [-0.1, -0.05) is 19.8 Å². The number of nitrogens with zero attached hydrogens (tertiary/aromatic N) is 1. The van der Waals surface area contributed by atoms with E-state index in [0.717, 1.165) is 12.1 Å². The van der Waals surface area contributed by atoms with Gasteiger partial charge in [-0.2, -0.15) is 0 Å². The predicted molar refractivity (Wildman–Crippen MR) is 64.9 cm³/mol. The molecule has 3 unspecified atom stereocenters. The Balaban J connectivity index is 1.96. The molecule has 0 aromatic rings. The van der Waals surface area contributed by atoms with Crippen LogP contribution in [0.3, 0.4) is 0 Å². The van der Waals surface area contributed by atoms with E-state index in [9.17, 15) is 0 Å². The maximum atomic E-state index is 6.03. The molecule has 3 atom stereocenters. The summed E-state index contributed by atoms with van der Waals surface area (Å²) in [6.07, 6.45) is 10.9. The van der Waals surface area contributed by atoms with Crippen molar-refractivity contribution in [3.8, 4) is 0 Å². The van der Waals surface area contributed by atoms with Crippen molar-refractivity contribution in [3.63, 3.8) is 0 Å². The summed E-state index contributed by atoms with van der Waals surface area (Å²) in [5.74, 6) is 0. The topological polar surface area (TPSA) is 29.3 Å². The molecule has 2 fully saturated rings. The zero-order valence-electron chi connectivity index (χ0n) is 10.1. The summed E-state index contributed by atoms with van der Waals surface area (Å²) in [5.41, 5.74) is 6.03. The molecule has 15 heavy (non-hydrogen) atoms. The first-order chi connectivity index (χ1) is 7.31. The minimum atomic E-state index is 0.482. The van der Waals surface area contributed by atoms with Crippen molar-refractivity contribution in [1.82, 2.24) is 4.90 Å². The molecule has 1 heterocycles. The lowest BCUT2D eigenvalue weighted by Crippen LogP contribution is -2.42. The average molecular weight is 210 g/mol.